The number of methoxy groups -OCH3 is 1. The molecule has 0 atom stereocenters. The summed E-state index contributed by atoms with van der Waals surface area (Å²) in [6.07, 6.45) is 2.09. The highest BCUT2D eigenvalue weighted by Crippen LogP contribution is 2.19. The second-order valence-electron chi connectivity index (χ2n) is 7.22. The number of carbonyl (C=O) groups is 3. The zero-order chi connectivity index (χ0) is 25.2. The van der Waals surface area contributed by atoms with Gasteiger partial charge in [0.25, 0.3) is 5.91 Å². The van der Waals surface area contributed by atoms with Crippen molar-refractivity contribution in [2.75, 3.05) is 24.7 Å². The molecule has 1 heterocycles. The Labute approximate surface area is 205 Å². The van der Waals surface area contributed by atoms with E-state index in [1.165, 1.54) is 49.2 Å². The van der Waals surface area contributed by atoms with Crippen molar-refractivity contribution in [3.8, 4) is 0 Å². The summed E-state index contributed by atoms with van der Waals surface area (Å²) in [5, 5.41) is 14.4. The van der Waals surface area contributed by atoms with E-state index >= 15 is 0 Å². The van der Waals surface area contributed by atoms with Crippen molar-refractivity contribution < 1.29 is 23.5 Å². The molecule has 0 saturated carbocycles. The zero-order valence-electron chi connectivity index (χ0n) is 19.0. The third kappa shape index (κ3) is 7.24. The number of allylic oxidation sites excluding steroid dienone is 1. The van der Waals surface area contributed by atoms with Gasteiger partial charge in [-0.3, -0.25) is 9.59 Å². The van der Waals surface area contributed by atoms with Crippen molar-refractivity contribution >= 4 is 35.2 Å². The maximum atomic E-state index is 13.0. The van der Waals surface area contributed by atoms with E-state index in [4.69, 9.17) is 0 Å². The Bertz CT molecular complexity index is 1210. The first-order chi connectivity index (χ1) is 16.9. The lowest BCUT2D eigenvalue weighted by Gasteiger charge is -2.09. The molecular weight excluding hydrogens is 473 g/mol. The SMILES string of the molecule is C=CCn1c(CCNC(=O)c2ccc(F)cc2)nnc1SCC(=O)Nc1cccc(C(=O)OC)c1. The van der Waals surface area contributed by atoms with Gasteiger partial charge in [0.15, 0.2) is 5.16 Å². The second-order valence-corrected chi connectivity index (χ2v) is 8.16. The average Bonchev–Trinajstić information content (AvgIpc) is 3.24. The van der Waals surface area contributed by atoms with E-state index in [1.54, 1.807) is 24.3 Å². The number of halogens is 1. The Morgan fingerprint density at radius 3 is 2.63 bits per heavy atom. The van der Waals surface area contributed by atoms with E-state index in [-0.39, 0.29) is 17.6 Å². The molecule has 0 spiro atoms. The van der Waals surface area contributed by atoms with Gasteiger partial charge in [-0.2, -0.15) is 0 Å². The Balaban J connectivity index is 1.55. The van der Waals surface area contributed by atoms with Gasteiger partial charge in [0, 0.05) is 30.8 Å². The van der Waals surface area contributed by atoms with Crippen LogP contribution in [-0.2, 0) is 22.5 Å². The highest BCUT2D eigenvalue weighted by molar-refractivity contribution is 7.99. The number of hydrogen-bond donors (Lipinski definition) is 2. The topological polar surface area (TPSA) is 115 Å². The molecular formula is C24H24FN5O4S. The highest BCUT2D eigenvalue weighted by atomic mass is 32.2. The minimum atomic E-state index is -0.491. The summed E-state index contributed by atoms with van der Waals surface area (Å²) < 4.78 is 19.5. The summed E-state index contributed by atoms with van der Waals surface area (Å²) in [5.41, 5.74) is 1.17. The number of carbonyl (C=O) groups excluding carboxylic acids is 3. The van der Waals surface area contributed by atoms with Crippen molar-refractivity contribution in [2.45, 2.75) is 18.1 Å². The monoisotopic (exact) mass is 497 g/mol. The minimum Gasteiger partial charge on any atom is -0.465 e. The number of thioether (sulfide) groups is 1. The Morgan fingerprint density at radius 1 is 1.14 bits per heavy atom. The normalized spacial score (nSPS) is 10.5. The molecule has 0 aliphatic rings. The fraction of sp³-hybridized carbons (Fsp3) is 0.208. The summed E-state index contributed by atoms with van der Waals surface area (Å²) in [4.78, 5) is 36.3. The van der Waals surface area contributed by atoms with Gasteiger partial charge >= 0.3 is 5.97 Å². The lowest BCUT2D eigenvalue weighted by atomic mass is 10.2. The summed E-state index contributed by atoms with van der Waals surface area (Å²) in [6, 6.07) is 11.7. The molecule has 0 aliphatic carbocycles. The Hall–Kier alpha value is -3.99. The van der Waals surface area contributed by atoms with E-state index in [9.17, 15) is 18.8 Å². The third-order valence-electron chi connectivity index (χ3n) is 4.75. The van der Waals surface area contributed by atoms with Crippen molar-refractivity contribution in [1.82, 2.24) is 20.1 Å². The molecule has 35 heavy (non-hydrogen) atoms. The van der Waals surface area contributed by atoms with Gasteiger partial charge in [-0.1, -0.05) is 23.9 Å². The number of hydrogen-bond acceptors (Lipinski definition) is 7. The first-order valence-corrected chi connectivity index (χ1v) is 11.6. The fourth-order valence-corrected chi connectivity index (χ4v) is 3.85. The van der Waals surface area contributed by atoms with Gasteiger partial charge in [-0.15, -0.1) is 16.8 Å². The van der Waals surface area contributed by atoms with Gasteiger partial charge in [-0.25, -0.2) is 9.18 Å². The Kier molecular flexibility index (Phi) is 9.13. The number of amides is 2. The number of anilines is 1. The summed E-state index contributed by atoms with van der Waals surface area (Å²) in [5.74, 6) is -0.806. The van der Waals surface area contributed by atoms with Crippen LogP contribution in [0.1, 0.15) is 26.5 Å². The van der Waals surface area contributed by atoms with E-state index < -0.39 is 11.8 Å². The van der Waals surface area contributed by atoms with Crippen LogP contribution in [0.25, 0.3) is 0 Å². The molecule has 9 nitrogen and oxygen atoms in total. The number of nitrogens with zero attached hydrogens (tertiary/aromatic N) is 3. The van der Waals surface area contributed by atoms with Gasteiger partial charge in [0.05, 0.1) is 18.4 Å². The summed E-state index contributed by atoms with van der Waals surface area (Å²) in [6.45, 7) is 4.48. The van der Waals surface area contributed by atoms with Gasteiger partial charge in [0.1, 0.15) is 11.6 Å². The van der Waals surface area contributed by atoms with Crippen LogP contribution in [-0.4, -0.2) is 52.0 Å². The molecule has 3 rings (SSSR count). The van der Waals surface area contributed by atoms with E-state index in [1.807, 2.05) is 4.57 Å². The van der Waals surface area contributed by atoms with Gasteiger partial charge in [0.2, 0.25) is 5.91 Å². The van der Waals surface area contributed by atoms with Crippen LogP contribution in [0.5, 0.6) is 0 Å². The van der Waals surface area contributed by atoms with Crippen molar-refractivity contribution in [2.24, 2.45) is 0 Å². The molecule has 2 amide bonds. The van der Waals surface area contributed by atoms with Gasteiger partial charge in [-0.05, 0) is 42.5 Å². The predicted molar refractivity (Wildman–Crippen MR) is 130 cm³/mol. The van der Waals surface area contributed by atoms with Crippen LogP contribution >= 0.6 is 11.8 Å². The lowest BCUT2D eigenvalue weighted by molar-refractivity contribution is -0.113. The molecule has 0 aliphatic heterocycles. The van der Waals surface area contributed by atoms with Crippen LogP contribution in [0, 0.1) is 5.82 Å². The van der Waals surface area contributed by atoms with Crippen LogP contribution in [0.15, 0.2) is 66.3 Å². The third-order valence-corrected chi connectivity index (χ3v) is 5.71. The molecule has 0 radical (unpaired) electrons. The molecule has 2 N–H and O–H groups in total. The zero-order valence-corrected chi connectivity index (χ0v) is 19.8. The number of rotatable bonds is 11. The largest absolute Gasteiger partial charge is 0.465 e. The maximum absolute atomic E-state index is 13.0. The van der Waals surface area contributed by atoms with E-state index in [0.29, 0.717) is 47.3 Å². The van der Waals surface area contributed by atoms with Crippen LogP contribution in [0.2, 0.25) is 0 Å². The van der Waals surface area contributed by atoms with Crippen molar-refractivity contribution in [1.29, 1.82) is 0 Å². The predicted octanol–water partition coefficient (Wildman–Crippen LogP) is 3.09. The molecule has 0 unspecified atom stereocenters. The molecule has 0 saturated heterocycles. The number of aromatic nitrogens is 3. The number of nitrogens with one attached hydrogen (secondary N) is 2. The molecule has 3 aromatic rings. The second kappa shape index (κ2) is 12.5. The molecule has 0 bridgehead atoms. The number of esters is 1. The average molecular weight is 498 g/mol. The van der Waals surface area contributed by atoms with Crippen LogP contribution in [0.3, 0.4) is 0 Å². The molecule has 0 fully saturated rings. The number of benzene rings is 2. The Morgan fingerprint density at radius 2 is 1.91 bits per heavy atom. The smallest absolute Gasteiger partial charge is 0.337 e. The lowest BCUT2D eigenvalue weighted by Crippen LogP contribution is -2.26. The standard InChI is InChI=1S/C24H24FN5O4S/c1-3-13-30-20(11-12-26-22(32)16-7-9-18(25)10-8-16)28-29-24(30)35-15-21(31)27-19-6-4-5-17(14-19)23(33)34-2/h3-10,14H,1,11-13,15H2,2H3,(H,26,32)(H,27,31). The van der Waals surface area contributed by atoms with Gasteiger partial charge < -0.3 is 19.9 Å². The fourth-order valence-electron chi connectivity index (χ4n) is 3.08. The minimum absolute atomic E-state index is 0.0685. The van der Waals surface area contributed by atoms with Crippen LogP contribution in [0.4, 0.5) is 10.1 Å². The quantitative estimate of drug-likeness (QED) is 0.238. The highest BCUT2D eigenvalue weighted by Gasteiger charge is 2.15. The number of ether oxygens (including phenoxy) is 1. The van der Waals surface area contributed by atoms with Crippen molar-refractivity contribution in [3.63, 3.8) is 0 Å². The maximum Gasteiger partial charge on any atom is 0.337 e. The summed E-state index contributed by atoms with van der Waals surface area (Å²) in [7, 11) is 1.29. The van der Waals surface area contributed by atoms with E-state index in [2.05, 4.69) is 32.1 Å². The van der Waals surface area contributed by atoms with Crippen LogP contribution < -0.4 is 10.6 Å². The summed E-state index contributed by atoms with van der Waals surface area (Å²) >= 11 is 1.20. The molecule has 1 aromatic heterocycles. The molecule has 11 heteroatoms. The van der Waals surface area contributed by atoms with E-state index in [0.717, 1.165) is 0 Å². The first kappa shape index (κ1) is 25.6. The van der Waals surface area contributed by atoms with Crippen molar-refractivity contribution in [3.05, 3.63) is 84.0 Å². The molecule has 2 aromatic carbocycles. The first-order valence-electron chi connectivity index (χ1n) is 10.6. The molecule has 182 valence electrons.